The maximum Gasteiger partial charge on any atom is 0.194 e. The lowest BCUT2D eigenvalue weighted by Gasteiger charge is -2.22. The molecule has 2 rings (SSSR count). The molecule has 2 aromatic rings. The number of nitrogens with zero attached hydrogens (tertiary/aromatic N) is 3. The smallest absolute Gasteiger partial charge is 0.194 e. The summed E-state index contributed by atoms with van der Waals surface area (Å²) in [6, 6.07) is 4.25. The Morgan fingerprint density at radius 2 is 2.27 bits per heavy atom. The number of hydrogen-bond donors (Lipinski definition) is 1. The van der Waals surface area contributed by atoms with Gasteiger partial charge in [-0.3, -0.25) is 0 Å². The van der Waals surface area contributed by atoms with E-state index in [0.717, 1.165) is 23.5 Å². The number of hydrogen-bond acceptors (Lipinski definition) is 2. The van der Waals surface area contributed by atoms with Gasteiger partial charge in [-0.1, -0.05) is 0 Å². The van der Waals surface area contributed by atoms with Crippen molar-refractivity contribution in [1.29, 1.82) is 0 Å². The van der Waals surface area contributed by atoms with Crippen LogP contribution in [0, 0.1) is 0 Å². The molecule has 0 aromatic carbocycles. The highest BCUT2D eigenvalue weighted by Gasteiger charge is 2.09. The molecule has 0 aliphatic rings. The van der Waals surface area contributed by atoms with Crippen molar-refractivity contribution in [3.63, 3.8) is 0 Å². The van der Waals surface area contributed by atoms with Gasteiger partial charge in [-0.2, -0.15) is 11.3 Å². The molecule has 22 heavy (non-hydrogen) atoms. The van der Waals surface area contributed by atoms with Gasteiger partial charge >= 0.3 is 0 Å². The second-order valence-corrected chi connectivity index (χ2v) is 6.61. The third-order valence-electron chi connectivity index (χ3n) is 3.16. The van der Waals surface area contributed by atoms with E-state index in [0.29, 0.717) is 6.54 Å². The Hall–Kier alpha value is -0.540. The van der Waals surface area contributed by atoms with Crippen molar-refractivity contribution in [1.82, 2.24) is 14.8 Å². The second-order valence-electron chi connectivity index (χ2n) is 4.92. The summed E-state index contributed by atoms with van der Waals surface area (Å²) < 4.78 is 3.23. The van der Waals surface area contributed by atoms with Crippen molar-refractivity contribution >= 4 is 57.2 Å². The Bertz CT molecular complexity index is 595. The number of halogens is 2. The summed E-state index contributed by atoms with van der Waals surface area (Å²) >= 11 is 5.22. The van der Waals surface area contributed by atoms with Gasteiger partial charge in [0.05, 0.1) is 13.1 Å². The van der Waals surface area contributed by atoms with Crippen molar-refractivity contribution in [3.05, 3.63) is 44.8 Å². The monoisotopic (exact) mass is 496 g/mol. The Morgan fingerprint density at radius 3 is 2.82 bits per heavy atom. The van der Waals surface area contributed by atoms with Gasteiger partial charge in [-0.25, -0.2) is 4.99 Å². The molecule has 0 radical (unpaired) electrons. The van der Waals surface area contributed by atoms with Crippen molar-refractivity contribution in [2.24, 2.45) is 12.0 Å². The van der Waals surface area contributed by atoms with Gasteiger partial charge in [0.25, 0.3) is 0 Å². The van der Waals surface area contributed by atoms with Crippen molar-refractivity contribution in [2.75, 3.05) is 13.6 Å². The fraction of sp³-hybridized carbons (Fsp3) is 0.400. The van der Waals surface area contributed by atoms with Crippen LogP contribution in [0.1, 0.15) is 18.2 Å². The highest BCUT2D eigenvalue weighted by molar-refractivity contribution is 14.0. The van der Waals surface area contributed by atoms with E-state index in [1.165, 1.54) is 11.3 Å². The van der Waals surface area contributed by atoms with Crippen LogP contribution in [-0.2, 0) is 20.1 Å². The molecule has 0 amide bonds. The van der Waals surface area contributed by atoms with Gasteiger partial charge in [0, 0.05) is 37.0 Å². The lowest BCUT2D eigenvalue weighted by molar-refractivity contribution is 0.462. The topological polar surface area (TPSA) is 32.6 Å². The van der Waals surface area contributed by atoms with Gasteiger partial charge in [0.2, 0.25) is 0 Å². The first kappa shape index (κ1) is 19.5. The number of guanidine groups is 1. The first-order valence-electron chi connectivity index (χ1n) is 6.91. The summed E-state index contributed by atoms with van der Waals surface area (Å²) in [5.74, 6) is 0.932. The minimum Gasteiger partial charge on any atom is -0.357 e. The fourth-order valence-corrected chi connectivity index (χ4v) is 3.29. The van der Waals surface area contributed by atoms with Crippen molar-refractivity contribution in [3.8, 4) is 0 Å². The van der Waals surface area contributed by atoms with Crippen molar-refractivity contribution in [2.45, 2.75) is 20.0 Å². The van der Waals surface area contributed by atoms with Crippen LogP contribution in [-0.4, -0.2) is 29.0 Å². The molecular weight excluding hydrogens is 475 g/mol. The van der Waals surface area contributed by atoms with Crippen LogP contribution in [0.15, 0.2) is 38.6 Å². The number of aryl methyl sites for hydroxylation is 1. The molecule has 0 bridgehead atoms. The van der Waals surface area contributed by atoms with E-state index < -0.39 is 0 Å². The quantitative estimate of drug-likeness (QED) is 0.384. The van der Waals surface area contributed by atoms with E-state index in [1.54, 1.807) is 11.3 Å². The zero-order valence-electron chi connectivity index (χ0n) is 13.0. The lowest BCUT2D eigenvalue weighted by atomic mass is 10.3. The highest BCUT2D eigenvalue weighted by atomic mass is 127. The number of aliphatic imine (C=N–C) groups is 1. The highest BCUT2D eigenvalue weighted by Crippen LogP contribution is 2.15. The van der Waals surface area contributed by atoms with Gasteiger partial charge in [-0.05, 0) is 51.3 Å². The van der Waals surface area contributed by atoms with E-state index in [2.05, 4.69) is 80.8 Å². The van der Waals surface area contributed by atoms with Gasteiger partial charge in [-0.15, -0.1) is 24.0 Å². The van der Waals surface area contributed by atoms with Crippen molar-refractivity contribution < 1.29 is 0 Å². The molecule has 4 nitrogen and oxygen atoms in total. The second kappa shape index (κ2) is 9.57. The van der Waals surface area contributed by atoms with E-state index in [1.807, 2.05) is 0 Å². The molecule has 1 N–H and O–H groups in total. The first-order valence-corrected chi connectivity index (χ1v) is 8.65. The molecule has 0 aliphatic carbocycles. The molecule has 0 atom stereocenters. The zero-order chi connectivity index (χ0) is 15.2. The molecule has 0 aliphatic heterocycles. The fourth-order valence-electron chi connectivity index (χ4n) is 2.06. The van der Waals surface area contributed by atoms with Crippen LogP contribution in [0.2, 0.25) is 0 Å². The average Bonchev–Trinajstić information content (AvgIpc) is 3.05. The summed E-state index contributed by atoms with van der Waals surface area (Å²) in [5.41, 5.74) is 2.50. The summed E-state index contributed by atoms with van der Waals surface area (Å²) in [6.07, 6.45) is 2.07. The minimum absolute atomic E-state index is 0. The molecule has 2 heterocycles. The maximum absolute atomic E-state index is 4.71. The molecule has 0 unspecified atom stereocenters. The largest absolute Gasteiger partial charge is 0.357 e. The van der Waals surface area contributed by atoms with Crippen LogP contribution < -0.4 is 5.32 Å². The maximum atomic E-state index is 4.71. The SMILES string of the molecule is CCNC(=NCc1ccsc1)N(C)Cc1cc(Br)cn1C.I. The summed E-state index contributed by atoms with van der Waals surface area (Å²) in [5, 5.41) is 7.58. The van der Waals surface area contributed by atoms with Crippen LogP contribution in [0.25, 0.3) is 0 Å². The summed E-state index contributed by atoms with van der Waals surface area (Å²) in [6.45, 7) is 4.49. The molecule has 7 heteroatoms. The van der Waals surface area contributed by atoms with E-state index in [4.69, 9.17) is 4.99 Å². The van der Waals surface area contributed by atoms with Crippen LogP contribution in [0.5, 0.6) is 0 Å². The molecular formula is C15H22BrIN4S. The van der Waals surface area contributed by atoms with E-state index in [-0.39, 0.29) is 24.0 Å². The average molecular weight is 497 g/mol. The third-order valence-corrected chi connectivity index (χ3v) is 4.33. The Balaban J connectivity index is 0.00000242. The number of rotatable bonds is 5. The summed E-state index contributed by atoms with van der Waals surface area (Å²) in [7, 11) is 4.12. The standard InChI is InChI=1S/C15H21BrN4S.HI/c1-4-17-15(18-8-12-5-6-21-11-12)20(3)10-14-7-13(16)9-19(14)2;/h5-7,9,11H,4,8,10H2,1-3H3,(H,17,18);1H. The zero-order valence-corrected chi connectivity index (χ0v) is 17.8. The summed E-state index contributed by atoms with van der Waals surface area (Å²) in [4.78, 5) is 6.86. The minimum atomic E-state index is 0. The van der Waals surface area contributed by atoms with Gasteiger partial charge in [0.1, 0.15) is 0 Å². The van der Waals surface area contributed by atoms with E-state index >= 15 is 0 Å². The molecule has 122 valence electrons. The number of aromatic nitrogens is 1. The predicted octanol–water partition coefficient (Wildman–Crippen LogP) is 4.06. The molecule has 0 spiro atoms. The lowest BCUT2D eigenvalue weighted by Crippen LogP contribution is -2.38. The molecule has 0 saturated heterocycles. The van der Waals surface area contributed by atoms with Crippen LogP contribution in [0.4, 0.5) is 0 Å². The molecule has 0 saturated carbocycles. The Kier molecular flexibility index (Phi) is 8.48. The third kappa shape index (κ3) is 5.58. The predicted molar refractivity (Wildman–Crippen MR) is 109 cm³/mol. The number of thiophene rings is 1. The van der Waals surface area contributed by atoms with Gasteiger partial charge < -0.3 is 14.8 Å². The Labute approximate surface area is 161 Å². The molecule has 2 aromatic heterocycles. The first-order chi connectivity index (χ1) is 10.1. The normalized spacial score (nSPS) is 11.2. The van der Waals surface area contributed by atoms with Crippen LogP contribution >= 0.6 is 51.2 Å². The Morgan fingerprint density at radius 1 is 1.50 bits per heavy atom. The van der Waals surface area contributed by atoms with Gasteiger partial charge in [0.15, 0.2) is 5.96 Å². The molecule has 0 fully saturated rings. The van der Waals surface area contributed by atoms with E-state index in [9.17, 15) is 0 Å². The van der Waals surface area contributed by atoms with Crippen LogP contribution in [0.3, 0.4) is 0 Å². The number of nitrogens with one attached hydrogen (secondary N) is 1.